The van der Waals surface area contributed by atoms with Crippen LogP contribution in [0, 0.1) is 6.92 Å². The predicted molar refractivity (Wildman–Crippen MR) is 47.0 cm³/mol. The first-order chi connectivity index (χ1) is 6.68. The lowest BCUT2D eigenvalue weighted by Crippen LogP contribution is -2.45. The summed E-state index contributed by atoms with van der Waals surface area (Å²) in [4.78, 5) is -0.141. The lowest BCUT2D eigenvalue weighted by molar-refractivity contribution is -0.290. The molecule has 0 aliphatic rings. The summed E-state index contributed by atoms with van der Waals surface area (Å²) >= 11 is 0.796. The zero-order valence-corrected chi connectivity index (χ0v) is 8.42. The van der Waals surface area contributed by atoms with E-state index in [0.29, 0.717) is 5.56 Å². The molecule has 1 aromatic heterocycles. The molecule has 0 aromatic carbocycles. The van der Waals surface area contributed by atoms with E-state index in [4.69, 9.17) is 5.73 Å². The van der Waals surface area contributed by atoms with Gasteiger partial charge in [0.1, 0.15) is 6.04 Å². The molecule has 2 N–H and O–H groups in total. The molecule has 7 heteroatoms. The smallest absolute Gasteiger partial charge is 0.318 e. The fourth-order valence-electron chi connectivity index (χ4n) is 1.04. The molecule has 15 heavy (non-hydrogen) atoms. The molecule has 0 fully saturated rings. The van der Waals surface area contributed by atoms with Crippen molar-refractivity contribution >= 4 is 11.3 Å². The van der Waals surface area contributed by atoms with Crippen molar-refractivity contribution in [2.75, 3.05) is 0 Å². The molecule has 0 aliphatic carbocycles. The van der Waals surface area contributed by atoms with Crippen molar-refractivity contribution in [1.82, 2.24) is 0 Å². The van der Waals surface area contributed by atoms with Gasteiger partial charge < -0.3 is 5.73 Å². The molecular weight excluding hydrogens is 237 g/mol. The first kappa shape index (κ1) is 12.4. The van der Waals surface area contributed by atoms with Gasteiger partial charge in [-0.25, -0.2) is 0 Å². The van der Waals surface area contributed by atoms with Crippen molar-refractivity contribution in [3.63, 3.8) is 0 Å². The zero-order chi connectivity index (χ0) is 11.9. The van der Waals surface area contributed by atoms with E-state index >= 15 is 0 Å². The van der Waals surface area contributed by atoms with Gasteiger partial charge in [-0.1, -0.05) is 0 Å². The molecule has 1 unspecified atom stereocenters. The maximum atomic E-state index is 12.8. The Bertz CT molecular complexity index is 343. The van der Waals surface area contributed by atoms with E-state index in [2.05, 4.69) is 0 Å². The van der Waals surface area contributed by atoms with E-state index in [0.717, 1.165) is 11.3 Å². The minimum absolute atomic E-state index is 0.141. The van der Waals surface area contributed by atoms with Crippen molar-refractivity contribution in [3.05, 3.63) is 21.9 Å². The molecule has 0 aliphatic heterocycles. The molecule has 1 aromatic rings. The van der Waals surface area contributed by atoms with Gasteiger partial charge in [0.25, 0.3) is 0 Å². The van der Waals surface area contributed by atoms with Gasteiger partial charge in [0.2, 0.25) is 0 Å². The van der Waals surface area contributed by atoms with Crippen molar-refractivity contribution < 1.29 is 22.0 Å². The van der Waals surface area contributed by atoms with E-state index in [1.54, 1.807) is 0 Å². The van der Waals surface area contributed by atoms with Gasteiger partial charge in [-0.2, -0.15) is 22.0 Å². The number of hydrogen-bond acceptors (Lipinski definition) is 2. The van der Waals surface area contributed by atoms with E-state index in [1.807, 2.05) is 0 Å². The van der Waals surface area contributed by atoms with Crippen LogP contribution >= 0.6 is 11.3 Å². The molecule has 0 saturated carbocycles. The van der Waals surface area contributed by atoms with Crippen LogP contribution in [0.25, 0.3) is 0 Å². The van der Waals surface area contributed by atoms with Gasteiger partial charge in [-0.15, -0.1) is 11.3 Å². The first-order valence-corrected chi connectivity index (χ1v) is 4.80. The highest BCUT2D eigenvalue weighted by Gasteiger charge is 2.62. The van der Waals surface area contributed by atoms with Crippen LogP contribution in [-0.4, -0.2) is 12.1 Å². The van der Waals surface area contributed by atoms with Crippen LogP contribution in [-0.2, 0) is 0 Å². The number of rotatable bonds is 2. The molecule has 0 radical (unpaired) electrons. The molecule has 0 spiro atoms. The fraction of sp³-hybridized carbons (Fsp3) is 0.500. The third-order valence-corrected chi connectivity index (χ3v) is 3.05. The summed E-state index contributed by atoms with van der Waals surface area (Å²) < 4.78 is 61.6. The molecule has 1 heterocycles. The number of halogens is 5. The Kier molecular flexibility index (Phi) is 3.06. The number of nitrogens with two attached hydrogens (primary N) is 1. The maximum Gasteiger partial charge on any atom is 0.455 e. The Hall–Kier alpha value is -0.690. The highest BCUT2D eigenvalue weighted by molar-refractivity contribution is 7.10. The summed E-state index contributed by atoms with van der Waals surface area (Å²) in [7, 11) is 0. The van der Waals surface area contributed by atoms with Gasteiger partial charge in [0.15, 0.2) is 0 Å². The Balaban J connectivity index is 3.05. The lowest BCUT2D eigenvalue weighted by atomic mass is 10.1. The zero-order valence-electron chi connectivity index (χ0n) is 7.61. The summed E-state index contributed by atoms with van der Waals surface area (Å²) in [6, 6.07) is -0.885. The number of aryl methyl sites for hydroxylation is 1. The van der Waals surface area contributed by atoms with Crippen molar-refractivity contribution in [3.8, 4) is 0 Å². The van der Waals surface area contributed by atoms with Crippen LogP contribution < -0.4 is 5.73 Å². The fourth-order valence-corrected chi connectivity index (χ4v) is 2.01. The van der Waals surface area contributed by atoms with Gasteiger partial charge in [0, 0.05) is 4.88 Å². The predicted octanol–water partition coefficient (Wildman–Crippen LogP) is 3.25. The minimum atomic E-state index is -5.62. The molecule has 86 valence electrons. The van der Waals surface area contributed by atoms with Crippen molar-refractivity contribution in [2.24, 2.45) is 5.73 Å². The van der Waals surface area contributed by atoms with Crippen molar-refractivity contribution in [2.45, 2.75) is 25.1 Å². The summed E-state index contributed by atoms with van der Waals surface area (Å²) in [5.41, 5.74) is 5.29. The van der Waals surface area contributed by atoms with Gasteiger partial charge >= 0.3 is 12.1 Å². The quantitative estimate of drug-likeness (QED) is 0.795. The molecule has 1 rings (SSSR count). The average Bonchev–Trinajstić information content (AvgIpc) is 2.48. The van der Waals surface area contributed by atoms with Crippen molar-refractivity contribution in [1.29, 1.82) is 0 Å². The molecule has 0 saturated heterocycles. The van der Waals surface area contributed by atoms with Crippen LogP contribution in [0.1, 0.15) is 16.5 Å². The molecule has 0 amide bonds. The SMILES string of the molecule is Cc1ccsc1C(N)C(F)(F)C(F)(F)F. The van der Waals surface area contributed by atoms with Gasteiger partial charge in [0.05, 0.1) is 0 Å². The Morgan fingerprint density at radius 2 is 1.80 bits per heavy atom. The lowest BCUT2D eigenvalue weighted by Gasteiger charge is -2.25. The van der Waals surface area contributed by atoms with Crippen LogP contribution in [0.4, 0.5) is 22.0 Å². The maximum absolute atomic E-state index is 12.8. The number of thiophene rings is 1. The topological polar surface area (TPSA) is 26.0 Å². The normalized spacial score (nSPS) is 15.4. The second-order valence-corrected chi connectivity index (χ2v) is 4.01. The molecule has 0 bridgehead atoms. The summed E-state index contributed by atoms with van der Waals surface area (Å²) in [5, 5.41) is 1.43. The summed E-state index contributed by atoms with van der Waals surface area (Å²) in [6.45, 7) is 1.44. The third-order valence-electron chi connectivity index (χ3n) is 1.95. The van der Waals surface area contributed by atoms with Crippen LogP contribution in [0.2, 0.25) is 0 Å². The highest BCUT2D eigenvalue weighted by Crippen LogP contribution is 2.44. The van der Waals surface area contributed by atoms with Crippen LogP contribution in [0.15, 0.2) is 11.4 Å². The monoisotopic (exact) mass is 245 g/mol. The highest BCUT2D eigenvalue weighted by atomic mass is 32.1. The second-order valence-electron chi connectivity index (χ2n) is 3.07. The van der Waals surface area contributed by atoms with E-state index < -0.39 is 18.1 Å². The minimum Gasteiger partial charge on any atom is -0.318 e. The molecule has 1 nitrogen and oxygen atoms in total. The summed E-state index contributed by atoms with van der Waals surface area (Å²) in [6.07, 6.45) is -5.62. The van der Waals surface area contributed by atoms with Crippen LogP contribution in [0.5, 0.6) is 0 Å². The first-order valence-electron chi connectivity index (χ1n) is 3.92. The Morgan fingerprint density at radius 1 is 1.27 bits per heavy atom. The van der Waals surface area contributed by atoms with Gasteiger partial charge in [-0.3, -0.25) is 0 Å². The second kappa shape index (κ2) is 3.71. The number of alkyl halides is 5. The third kappa shape index (κ3) is 2.12. The standard InChI is InChI=1S/C8H8F5NS/c1-4-2-3-15-5(4)6(14)7(9,10)8(11,12)13/h2-3,6H,14H2,1H3. The van der Waals surface area contributed by atoms with E-state index in [9.17, 15) is 22.0 Å². The average molecular weight is 245 g/mol. The van der Waals surface area contributed by atoms with E-state index in [1.165, 1.54) is 18.4 Å². The Morgan fingerprint density at radius 3 is 2.13 bits per heavy atom. The van der Waals surface area contributed by atoms with E-state index in [-0.39, 0.29) is 4.88 Å². The Labute approximate surface area is 86.7 Å². The van der Waals surface area contributed by atoms with Crippen LogP contribution in [0.3, 0.4) is 0 Å². The largest absolute Gasteiger partial charge is 0.455 e. The summed E-state index contributed by atoms with van der Waals surface area (Å²) in [5.74, 6) is -4.90. The van der Waals surface area contributed by atoms with Gasteiger partial charge in [-0.05, 0) is 23.9 Å². The number of hydrogen-bond donors (Lipinski definition) is 1. The molecule has 1 atom stereocenters. The molecular formula is C8H8F5NS.